The lowest BCUT2D eigenvalue weighted by molar-refractivity contribution is -0.154. The van der Waals surface area contributed by atoms with Crippen molar-refractivity contribution in [1.29, 1.82) is 0 Å². The number of anilines is 2. The molecule has 0 aromatic heterocycles. The zero-order chi connectivity index (χ0) is 28.1. The molecule has 1 aromatic rings. The molecule has 10 nitrogen and oxygen atoms in total. The normalized spacial score (nSPS) is 26.4. The zero-order valence-electron chi connectivity index (χ0n) is 22.7. The topological polar surface area (TPSA) is 142 Å². The van der Waals surface area contributed by atoms with Gasteiger partial charge in [-0.05, 0) is 49.3 Å². The van der Waals surface area contributed by atoms with E-state index in [0.717, 1.165) is 44.8 Å². The van der Waals surface area contributed by atoms with Crippen molar-refractivity contribution in [3.63, 3.8) is 0 Å². The Hall–Kier alpha value is -2.47. The molecule has 3 aliphatic rings. The van der Waals surface area contributed by atoms with Gasteiger partial charge in [-0.15, -0.1) is 4.40 Å². The average Bonchev–Trinajstić information content (AvgIpc) is 2.80. The standard InChI is InChI=1S/C26H38N4O6S2/c1-25(2,3)13-14-26(4)16-30(18-9-7-6-8-10-18)24(32)21(22(26)31)23-27-19-12-11-17(28-37(5,33)34)15-20(19)38(35,36)29-23/h11-12,15,18,21,28H,6-10,13-14,16H2,1-5H3,(H,27,29). The molecule has 2 heterocycles. The van der Waals surface area contributed by atoms with E-state index in [0.29, 0.717) is 13.0 Å². The van der Waals surface area contributed by atoms with Crippen LogP contribution < -0.4 is 10.0 Å². The Morgan fingerprint density at radius 2 is 1.82 bits per heavy atom. The van der Waals surface area contributed by atoms with Gasteiger partial charge < -0.3 is 10.2 Å². The minimum atomic E-state index is -4.31. The molecule has 1 saturated carbocycles. The average molecular weight is 567 g/mol. The number of piperidine rings is 1. The fraction of sp³-hybridized carbons (Fsp3) is 0.654. The molecule has 1 amide bonds. The maximum atomic E-state index is 14.0. The number of nitrogens with zero attached hydrogens (tertiary/aromatic N) is 2. The molecule has 0 bridgehead atoms. The molecule has 2 fully saturated rings. The SMILES string of the molecule is CC(C)(C)CCC1(C)CN(C2CCCCC2)C(=O)C(C2=NS(=O)(=O)c3cc(NS(C)(=O)=O)ccc3N2)C1=O. The molecule has 2 N–H and O–H groups in total. The lowest BCUT2D eigenvalue weighted by Crippen LogP contribution is -2.62. The number of hydrogen-bond donors (Lipinski definition) is 2. The third-order valence-corrected chi connectivity index (χ3v) is 9.60. The second-order valence-electron chi connectivity index (χ2n) is 12.3. The van der Waals surface area contributed by atoms with E-state index in [1.165, 1.54) is 18.2 Å². The minimum Gasteiger partial charge on any atom is -0.341 e. The summed E-state index contributed by atoms with van der Waals surface area (Å²) in [4.78, 5) is 29.4. The highest BCUT2D eigenvalue weighted by Gasteiger charge is 2.53. The number of carbonyl (C=O) groups is 2. The lowest BCUT2D eigenvalue weighted by atomic mass is 9.69. The van der Waals surface area contributed by atoms with E-state index in [1.54, 1.807) is 4.90 Å². The maximum Gasteiger partial charge on any atom is 0.286 e. The lowest BCUT2D eigenvalue weighted by Gasteiger charge is -2.47. The molecule has 210 valence electrons. The fourth-order valence-corrected chi connectivity index (χ4v) is 7.27. The number of nitrogens with one attached hydrogen (secondary N) is 2. The molecule has 1 saturated heterocycles. The van der Waals surface area contributed by atoms with Crippen LogP contribution in [0.1, 0.15) is 72.6 Å². The maximum absolute atomic E-state index is 14.0. The predicted molar refractivity (Wildman–Crippen MR) is 147 cm³/mol. The molecule has 0 spiro atoms. The molecular formula is C26H38N4O6S2. The quantitative estimate of drug-likeness (QED) is 0.499. The third kappa shape index (κ3) is 6.06. The predicted octanol–water partition coefficient (Wildman–Crippen LogP) is 3.76. The number of hydrogen-bond acceptors (Lipinski definition) is 7. The van der Waals surface area contributed by atoms with Crippen LogP contribution >= 0.6 is 0 Å². The van der Waals surface area contributed by atoms with Crippen LogP contribution in [0.15, 0.2) is 27.5 Å². The second-order valence-corrected chi connectivity index (χ2v) is 15.7. The Morgan fingerprint density at radius 1 is 1.16 bits per heavy atom. The van der Waals surface area contributed by atoms with Gasteiger partial charge >= 0.3 is 0 Å². The highest BCUT2D eigenvalue weighted by atomic mass is 32.2. The highest BCUT2D eigenvalue weighted by Crippen LogP contribution is 2.42. The van der Waals surface area contributed by atoms with Crippen molar-refractivity contribution in [2.45, 2.75) is 83.6 Å². The molecule has 2 aliphatic heterocycles. The van der Waals surface area contributed by atoms with Gasteiger partial charge in [0.05, 0.1) is 11.9 Å². The summed E-state index contributed by atoms with van der Waals surface area (Å²) in [6, 6.07) is 4.01. The zero-order valence-corrected chi connectivity index (χ0v) is 24.3. The summed E-state index contributed by atoms with van der Waals surface area (Å²) in [5.41, 5.74) is -0.656. The summed E-state index contributed by atoms with van der Waals surface area (Å²) in [5.74, 6) is -2.28. The number of sulfonamides is 2. The molecule has 2 unspecified atom stereocenters. The summed E-state index contributed by atoms with van der Waals surface area (Å²) in [7, 11) is -7.94. The van der Waals surface area contributed by atoms with Crippen LogP contribution in [0.3, 0.4) is 0 Å². The summed E-state index contributed by atoms with van der Waals surface area (Å²) < 4.78 is 55.8. The number of benzene rings is 1. The highest BCUT2D eigenvalue weighted by molar-refractivity contribution is 7.92. The Morgan fingerprint density at radius 3 is 2.42 bits per heavy atom. The monoisotopic (exact) mass is 566 g/mol. The van der Waals surface area contributed by atoms with E-state index in [9.17, 15) is 26.4 Å². The second kappa shape index (κ2) is 9.93. The van der Waals surface area contributed by atoms with Gasteiger partial charge in [0.15, 0.2) is 11.7 Å². The number of likely N-dealkylation sites (tertiary alicyclic amines) is 1. The fourth-order valence-electron chi connectivity index (χ4n) is 5.54. The van der Waals surface area contributed by atoms with Gasteiger partial charge in [0, 0.05) is 23.7 Å². The van der Waals surface area contributed by atoms with E-state index in [1.807, 2.05) is 6.92 Å². The number of amides is 1. The Balaban J connectivity index is 1.73. The minimum absolute atomic E-state index is 0.0125. The van der Waals surface area contributed by atoms with Crippen LogP contribution in [0, 0.1) is 16.7 Å². The van der Waals surface area contributed by atoms with E-state index in [2.05, 4.69) is 35.2 Å². The van der Waals surface area contributed by atoms with Crippen molar-refractivity contribution in [1.82, 2.24) is 4.90 Å². The molecule has 1 aliphatic carbocycles. The van der Waals surface area contributed by atoms with Gasteiger partial charge in [-0.2, -0.15) is 8.42 Å². The summed E-state index contributed by atoms with van der Waals surface area (Å²) in [6.45, 7) is 8.52. The smallest absolute Gasteiger partial charge is 0.286 e. The molecule has 12 heteroatoms. The Labute approximate surface area is 225 Å². The number of Topliss-reactive ketones (excluding diaryl/α,β-unsaturated/α-hetero) is 1. The Bertz CT molecular complexity index is 1370. The molecule has 2 atom stereocenters. The van der Waals surface area contributed by atoms with Gasteiger partial charge in [0.2, 0.25) is 15.9 Å². The van der Waals surface area contributed by atoms with Crippen LogP contribution in [-0.4, -0.2) is 58.1 Å². The van der Waals surface area contributed by atoms with Gasteiger partial charge in [0.1, 0.15) is 10.7 Å². The number of rotatable bonds is 6. The first kappa shape index (κ1) is 28.5. The van der Waals surface area contributed by atoms with E-state index >= 15 is 0 Å². The summed E-state index contributed by atoms with van der Waals surface area (Å²) in [6.07, 6.45) is 7.16. The number of ketones is 1. The first-order chi connectivity index (χ1) is 17.5. The summed E-state index contributed by atoms with van der Waals surface area (Å²) >= 11 is 0. The largest absolute Gasteiger partial charge is 0.341 e. The van der Waals surface area contributed by atoms with Crippen LogP contribution in [-0.2, 0) is 29.6 Å². The van der Waals surface area contributed by atoms with Crippen molar-refractivity contribution in [2.24, 2.45) is 21.1 Å². The van der Waals surface area contributed by atoms with Crippen molar-refractivity contribution < 1.29 is 26.4 Å². The first-order valence-electron chi connectivity index (χ1n) is 13.1. The van der Waals surface area contributed by atoms with E-state index in [-0.39, 0.29) is 39.3 Å². The third-order valence-electron chi connectivity index (χ3n) is 7.67. The van der Waals surface area contributed by atoms with Gasteiger partial charge in [-0.1, -0.05) is 47.0 Å². The van der Waals surface area contributed by atoms with Gasteiger partial charge in [-0.25, -0.2) is 8.42 Å². The molecule has 0 radical (unpaired) electrons. The number of fused-ring (bicyclic) bond motifs is 1. The van der Waals surface area contributed by atoms with E-state index < -0.39 is 37.3 Å². The summed E-state index contributed by atoms with van der Waals surface area (Å²) in [5, 5.41) is 2.93. The van der Waals surface area contributed by atoms with Gasteiger partial charge in [-0.3, -0.25) is 14.3 Å². The van der Waals surface area contributed by atoms with Crippen LogP contribution in [0.2, 0.25) is 0 Å². The van der Waals surface area contributed by atoms with E-state index in [4.69, 9.17) is 0 Å². The molecule has 1 aromatic carbocycles. The number of amidine groups is 1. The van der Waals surface area contributed by atoms with Crippen molar-refractivity contribution >= 4 is 48.9 Å². The van der Waals surface area contributed by atoms with Crippen LogP contribution in [0.4, 0.5) is 11.4 Å². The van der Waals surface area contributed by atoms with Gasteiger partial charge in [0.25, 0.3) is 10.0 Å². The first-order valence-corrected chi connectivity index (χ1v) is 16.4. The molecular weight excluding hydrogens is 528 g/mol. The van der Waals surface area contributed by atoms with Crippen LogP contribution in [0.25, 0.3) is 0 Å². The molecule has 38 heavy (non-hydrogen) atoms. The van der Waals surface area contributed by atoms with Crippen molar-refractivity contribution in [3.8, 4) is 0 Å². The van der Waals surface area contributed by atoms with Crippen LogP contribution in [0.5, 0.6) is 0 Å². The van der Waals surface area contributed by atoms with Crippen molar-refractivity contribution in [3.05, 3.63) is 18.2 Å². The van der Waals surface area contributed by atoms with Crippen molar-refractivity contribution in [2.75, 3.05) is 22.8 Å². The Kier molecular flexibility index (Phi) is 7.46. The molecule has 4 rings (SSSR count). The number of carbonyl (C=O) groups excluding carboxylic acids is 2.